The average Bonchev–Trinajstić information content (AvgIpc) is 3.46. The first-order valence-corrected chi connectivity index (χ1v) is 11.3. The van der Waals surface area contributed by atoms with E-state index in [4.69, 9.17) is 0 Å². The van der Waals surface area contributed by atoms with Gasteiger partial charge in [-0.25, -0.2) is 0 Å². The van der Waals surface area contributed by atoms with E-state index >= 15 is 0 Å². The van der Waals surface area contributed by atoms with Crippen molar-refractivity contribution >= 4 is 39.4 Å². The Morgan fingerprint density at radius 2 is 1.72 bits per heavy atom. The summed E-state index contributed by atoms with van der Waals surface area (Å²) in [5.74, 6) is 0.378. The largest absolute Gasteiger partial charge is 0.339 e. The van der Waals surface area contributed by atoms with Gasteiger partial charge in [0, 0.05) is 49.3 Å². The van der Waals surface area contributed by atoms with E-state index < -0.39 is 0 Å². The van der Waals surface area contributed by atoms with Gasteiger partial charge in [-0.2, -0.15) is 4.68 Å². The molecular formula is C22H22BrN7O2. The van der Waals surface area contributed by atoms with Gasteiger partial charge in [-0.15, -0.1) is 0 Å². The van der Waals surface area contributed by atoms with Crippen molar-refractivity contribution in [1.82, 2.24) is 25.1 Å². The van der Waals surface area contributed by atoms with Crippen LogP contribution in [-0.2, 0) is 9.59 Å². The zero-order valence-electron chi connectivity index (χ0n) is 17.3. The van der Waals surface area contributed by atoms with Gasteiger partial charge in [0.2, 0.25) is 17.8 Å². The molecule has 0 N–H and O–H groups in total. The van der Waals surface area contributed by atoms with Crippen molar-refractivity contribution < 1.29 is 9.59 Å². The lowest BCUT2D eigenvalue weighted by Gasteiger charge is -2.35. The molecule has 3 heterocycles. The summed E-state index contributed by atoms with van der Waals surface area (Å²) in [6.45, 7) is 2.83. The lowest BCUT2D eigenvalue weighted by molar-refractivity contribution is -0.136. The molecule has 2 fully saturated rings. The van der Waals surface area contributed by atoms with Crippen LogP contribution in [0.15, 0.2) is 59.1 Å². The second-order valence-electron chi connectivity index (χ2n) is 7.92. The monoisotopic (exact) mass is 495 g/mol. The Labute approximate surface area is 193 Å². The predicted molar refractivity (Wildman–Crippen MR) is 123 cm³/mol. The van der Waals surface area contributed by atoms with E-state index in [9.17, 15) is 9.59 Å². The molecule has 2 aromatic carbocycles. The molecule has 2 aliphatic rings. The van der Waals surface area contributed by atoms with E-state index in [2.05, 4.69) is 36.4 Å². The number of benzene rings is 2. The maximum atomic E-state index is 13.1. The third-order valence-electron chi connectivity index (χ3n) is 5.92. The number of amides is 2. The molecule has 9 nitrogen and oxygen atoms in total. The van der Waals surface area contributed by atoms with Crippen LogP contribution in [0.4, 0.5) is 11.6 Å². The molecule has 0 aliphatic carbocycles. The zero-order valence-corrected chi connectivity index (χ0v) is 18.9. The molecule has 0 spiro atoms. The van der Waals surface area contributed by atoms with Gasteiger partial charge in [0.1, 0.15) is 0 Å². The summed E-state index contributed by atoms with van der Waals surface area (Å²) in [5.41, 5.74) is 1.71. The number of rotatable bonds is 4. The Hall–Kier alpha value is -3.27. The molecule has 2 amide bonds. The fourth-order valence-electron chi connectivity index (χ4n) is 4.27. The number of hydrogen-bond acceptors (Lipinski definition) is 6. The number of tetrazole rings is 1. The molecule has 10 heteroatoms. The van der Waals surface area contributed by atoms with Gasteiger partial charge < -0.3 is 14.7 Å². The van der Waals surface area contributed by atoms with E-state index in [0.29, 0.717) is 38.7 Å². The van der Waals surface area contributed by atoms with Crippen molar-refractivity contribution in [3.05, 3.63) is 59.1 Å². The Morgan fingerprint density at radius 1 is 0.969 bits per heavy atom. The minimum atomic E-state index is -0.317. The first-order valence-electron chi connectivity index (χ1n) is 10.5. The van der Waals surface area contributed by atoms with Gasteiger partial charge in [-0.1, -0.05) is 45.3 Å². The van der Waals surface area contributed by atoms with E-state index in [1.807, 2.05) is 59.5 Å². The highest BCUT2D eigenvalue weighted by atomic mass is 79.9. The maximum absolute atomic E-state index is 13.1. The lowest BCUT2D eigenvalue weighted by atomic mass is 10.1. The molecule has 2 aliphatic heterocycles. The van der Waals surface area contributed by atoms with E-state index in [-0.39, 0.29) is 24.2 Å². The van der Waals surface area contributed by atoms with E-state index in [1.165, 1.54) is 0 Å². The van der Waals surface area contributed by atoms with Crippen LogP contribution in [-0.4, -0.2) is 69.6 Å². The summed E-state index contributed by atoms with van der Waals surface area (Å²) in [6, 6.07) is 17.3. The SMILES string of the molecule is O=C(C1CC(=O)N(c2cccc(Br)c2)C1)N1CCN(c2nnnn2-c2ccccc2)CC1. The number of hydrogen-bond donors (Lipinski definition) is 0. The number of anilines is 2. The third-order valence-corrected chi connectivity index (χ3v) is 6.42. The summed E-state index contributed by atoms with van der Waals surface area (Å²) >= 11 is 3.44. The first kappa shape index (κ1) is 20.6. The molecule has 1 aromatic heterocycles. The number of aromatic nitrogens is 4. The highest BCUT2D eigenvalue weighted by Gasteiger charge is 2.38. The van der Waals surface area contributed by atoms with E-state index in [1.54, 1.807) is 9.58 Å². The molecule has 0 radical (unpaired) electrons. The topological polar surface area (TPSA) is 87.5 Å². The number of para-hydroxylation sites is 1. The highest BCUT2D eigenvalue weighted by molar-refractivity contribution is 9.10. The number of nitrogens with zero attached hydrogens (tertiary/aromatic N) is 7. The minimum Gasteiger partial charge on any atom is -0.339 e. The molecule has 5 rings (SSSR count). The summed E-state index contributed by atoms with van der Waals surface area (Å²) in [4.78, 5) is 31.4. The van der Waals surface area contributed by atoms with Crippen molar-refractivity contribution in [3.8, 4) is 5.69 Å². The molecule has 1 atom stereocenters. The quantitative estimate of drug-likeness (QED) is 0.550. The van der Waals surface area contributed by atoms with Gasteiger partial charge in [0.25, 0.3) is 0 Å². The van der Waals surface area contributed by atoms with Crippen molar-refractivity contribution in [2.75, 3.05) is 42.5 Å². The Morgan fingerprint density at radius 3 is 2.47 bits per heavy atom. The Kier molecular flexibility index (Phi) is 5.60. The third kappa shape index (κ3) is 3.97. The molecule has 0 saturated carbocycles. The normalized spacial score (nSPS) is 19.0. The van der Waals surface area contributed by atoms with Crippen LogP contribution in [0.25, 0.3) is 5.69 Å². The number of piperazine rings is 1. The first-order chi connectivity index (χ1) is 15.6. The highest BCUT2D eigenvalue weighted by Crippen LogP contribution is 2.28. The van der Waals surface area contributed by atoms with Crippen LogP contribution in [0.3, 0.4) is 0 Å². The van der Waals surface area contributed by atoms with Crippen LogP contribution in [0.1, 0.15) is 6.42 Å². The van der Waals surface area contributed by atoms with Gasteiger partial charge in [0.15, 0.2) is 0 Å². The summed E-state index contributed by atoms with van der Waals surface area (Å²) < 4.78 is 2.62. The molecule has 164 valence electrons. The van der Waals surface area contributed by atoms with Crippen LogP contribution in [0.2, 0.25) is 0 Å². The number of halogens is 1. The Bertz CT molecular complexity index is 1130. The van der Waals surface area contributed by atoms with Gasteiger partial charge in [-0.3, -0.25) is 9.59 Å². The fourth-order valence-corrected chi connectivity index (χ4v) is 4.65. The van der Waals surface area contributed by atoms with E-state index in [0.717, 1.165) is 15.8 Å². The van der Waals surface area contributed by atoms with Crippen LogP contribution < -0.4 is 9.80 Å². The summed E-state index contributed by atoms with van der Waals surface area (Å²) in [5, 5.41) is 12.1. The van der Waals surface area contributed by atoms with Gasteiger partial charge in [-0.05, 0) is 40.8 Å². The predicted octanol–water partition coefficient (Wildman–Crippen LogP) is 2.13. The second-order valence-corrected chi connectivity index (χ2v) is 8.84. The molecule has 3 aromatic rings. The van der Waals surface area contributed by atoms with Gasteiger partial charge in [0.05, 0.1) is 11.6 Å². The maximum Gasteiger partial charge on any atom is 0.250 e. The van der Waals surface area contributed by atoms with Crippen molar-refractivity contribution in [3.63, 3.8) is 0 Å². The molecular weight excluding hydrogens is 474 g/mol. The lowest BCUT2D eigenvalue weighted by Crippen LogP contribution is -2.51. The average molecular weight is 496 g/mol. The second kappa shape index (κ2) is 8.70. The van der Waals surface area contributed by atoms with Crippen molar-refractivity contribution in [2.24, 2.45) is 5.92 Å². The number of carbonyl (C=O) groups is 2. The standard InChI is InChI=1S/C22H22BrN7O2/c23-17-5-4-8-19(14-17)29-15-16(13-20(29)31)21(32)27-9-11-28(12-10-27)22-24-25-26-30(22)18-6-2-1-3-7-18/h1-8,14,16H,9-13,15H2. The van der Waals surface area contributed by atoms with Crippen LogP contribution in [0, 0.1) is 5.92 Å². The zero-order chi connectivity index (χ0) is 22.1. The number of carbonyl (C=O) groups excluding carboxylic acids is 2. The van der Waals surface area contributed by atoms with Crippen molar-refractivity contribution in [2.45, 2.75) is 6.42 Å². The molecule has 1 unspecified atom stereocenters. The summed E-state index contributed by atoms with van der Waals surface area (Å²) in [7, 11) is 0. The summed E-state index contributed by atoms with van der Waals surface area (Å²) in [6.07, 6.45) is 0.248. The molecule has 32 heavy (non-hydrogen) atoms. The van der Waals surface area contributed by atoms with Crippen LogP contribution in [0.5, 0.6) is 0 Å². The van der Waals surface area contributed by atoms with Crippen LogP contribution >= 0.6 is 15.9 Å². The minimum absolute atomic E-state index is 0.0119. The molecule has 0 bridgehead atoms. The smallest absolute Gasteiger partial charge is 0.250 e. The Balaban J connectivity index is 1.22. The van der Waals surface area contributed by atoms with Crippen molar-refractivity contribution in [1.29, 1.82) is 0 Å². The molecule has 2 saturated heterocycles. The fraction of sp³-hybridized carbons (Fsp3) is 0.318. The van der Waals surface area contributed by atoms with Gasteiger partial charge >= 0.3 is 0 Å².